The lowest BCUT2D eigenvalue weighted by molar-refractivity contribution is -0.156. The highest BCUT2D eigenvalue weighted by Gasteiger charge is 2.22. The second kappa shape index (κ2) is 15.0. The first-order valence-electron chi connectivity index (χ1n) is 12.6. The van der Waals surface area contributed by atoms with Gasteiger partial charge < -0.3 is 25.8 Å². The molecule has 0 aliphatic heterocycles. The molecule has 1 unspecified atom stereocenters. The Bertz CT molecular complexity index is 1280. The number of hydrogen-bond acceptors (Lipinski definition) is 10. The molecule has 39 heavy (non-hydrogen) atoms. The van der Waals surface area contributed by atoms with Crippen molar-refractivity contribution in [3.8, 4) is 0 Å². The molecule has 1 heterocycles. The van der Waals surface area contributed by atoms with Crippen LogP contribution in [0.15, 0.2) is 57.9 Å². The van der Waals surface area contributed by atoms with E-state index in [-0.39, 0.29) is 6.61 Å². The number of esters is 1. The van der Waals surface area contributed by atoms with E-state index in [0.717, 1.165) is 11.1 Å². The monoisotopic (exact) mass is 558 g/mol. The largest absolute Gasteiger partial charge is 0.459 e. The van der Waals surface area contributed by atoms with E-state index in [0.29, 0.717) is 35.3 Å². The summed E-state index contributed by atoms with van der Waals surface area (Å²) in [5.74, 6) is 0.430. The highest BCUT2D eigenvalue weighted by atomic mass is 32.2. The van der Waals surface area contributed by atoms with Crippen LogP contribution < -0.4 is 16.4 Å². The molecule has 2 aromatic rings. The zero-order chi connectivity index (χ0) is 29.0. The van der Waals surface area contributed by atoms with E-state index in [4.69, 9.17) is 15.2 Å². The maximum Gasteiger partial charge on any atom is 0.441 e. The van der Waals surface area contributed by atoms with Gasteiger partial charge in [0.2, 0.25) is 5.95 Å². The normalized spacial score (nSPS) is 13.7. The number of carbonyl (C=O) groups is 2. The molecular weight excluding hydrogens is 520 g/mol. The minimum absolute atomic E-state index is 0.158. The maximum absolute atomic E-state index is 12.3. The second-order valence-corrected chi connectivity index (χ2v) is 10.7. The van der Waals surface area contributed by atoms with Crippen LogP contribution in [-0.2, 0) is 24.9 Å². The summed E-state index contributed by atoms with van der Waals surface area (Å²) >= 11 is 0. The zero-order valence-electron chi connectivity index (χ0n) is 23.2. The van der Waals surface area contributed by atoms with E-state index in [1.807, 2.05) is 32.1 Å². The number of anilines is 3. The number of benzene rings is 1. The number of hydrogen-bond donors (Lipinski definition) is 4. The van der Waals surface area contributed by atoms with Gasteiger partial charge in [0.1, 0.15) is 17.5 Å². The van der Waals surface area contributed by atoms with Gasteiger partial charge >= 0.3 is 12.1 Å². The number of nitrogens with one attached hydrogen (secondary N) is 2. The smallest absolute Gasteiger partial charge is 0.441 e. The van der Waals surface area contributed by atoms with Crippen molar-refractivity contribution in [3.05, 3.63) is 54.3 Å². The highest BCUT2D eigenvalue weighted by molar-refractivity contribution is 7.75. The Morgan fingerprint density at radius 1 is 1.23 bits per heavy atom. The third-order valence-electron chi connectivity index (χ3n) is 4.99. The van der Waals surface area contributed by atoms with Crippen LogP contribution in [-0.4, -0.2) is 51.0 Å². The van der Waals surface area contributed by atoms with Gasteiger partial charge in [-0.15, -0.1) is 4.36 Å². The SMILES string of the molecule is C/C=C\C=C(/C)c1cnc(Nc2ccc([SH](=O)=NC(=O)OCC)cc2)nc1NCC[C@H](N)C(=O)OC(C)(C)C. The van der Waals surface area contributed by atoms with Crippen LogP contribution in [0.3, 0.4) is 0 Å². The average molecular weight is 559 g/mol. The van der Waals surface area contributed by atoms with Gasteiger partial charge in [0.15, 0.2) is 0 Å². The molecule has 0 fully saturated rings. The second-order valence-electron chi connectivity index (χ2n) is 9.43. The van der Waals surface area contributed by atoms with E-state index in [1.165, 1.54) is 0 Å². The van der Waals surface area contributed by atoms with Crippen molar-refractivity contribution in [3.63, 3.8) is 0 Å². The molecule has 2 rings (SSSR count). The molecule has 1 aromatic carbocycles. The number of amides is 1. The molecule has 0 radical (unpaired) electrons. The predicted octanol–water partition coefficient (Wildman–Crippen LogP) is 4.85. The van der Waals surface area contributed by atoms with Crippen LogP contribution in [0, 0.1) is 0 Å². The molecule has 0 spiro atoms. The Kier molecular flexibility index (Phi) is 12.1. The van der Waals surface area contributed by atoms with Crippen molar-refractivity contribution in [2.45, 2.75) is 64.5 Å². The van der Waals surface area contributed by atoms with Gasteiger partial charge in [-0.25, -0.2) is 14.0 Å². The molecule has 4 N–H and O–H groups in total. The first kappa shape index (κ1) is 31.4. The van der Waals surface area contributed by atoms with Crippen molar-refractivity contribution < 1.29 is 23.3 Å². The first-order chi connectivity index (χ1) is 18.4. The van der Waals surface area contributed by atoms with Gasteiger partial charge in [-0.3, -0.25) is 4.79 Å². The fraction of sp³-hybridized carbons (Fsp3) is 0.407. The summed E-state index contributed by atoms with van der Waals surface area (Å²) in [6.45, 7) is 11.5. The van der Waals surface area contributed by atoms with E-state index in [1.54, 1.807) is 58.2 Å². The van der Waals surface area contributed by atoms with Gasteiger partial charge in [0.05, 0.1) is 17.2 Å². The fourth-order valence-corrected chi connectivity index (χ4v) is 3.85. The molecule has 0 bridgehead atoms. The molecular formula is C27H38N6O5S. The average Bonchev–Trinajstić information content (AvgIpc) is 2.86. The molecule has 1 aromatic heterocycles. The van der Waals surface area contributed by atoms with Gasteiger partial charge in [-0.2, -0.15) is 4.98 Å². The van der Waals surface area contributed by atoms with E-state index >= 15 is 0 Å². The predicted molar refractivity (Wildman–Crippen MR) is 154 cm³/mol. The minimum Gasteiger partial charge on any atom is -0.459 e. The van der Waals surface area contributed by atoms with Gasteiger partial charge in [0.25, 0.3) is 0 Å². The lowest BCUT2D eigenvalue weighted by atomic mass is 10.1. The molecule has 0 aliphatic carbocycles. The number of ether oxygens (including phenoxy) is 2. The summed E-state index contributed by atoms with van der Waals surface area (Å²) in [4.78, 5) is 33.1. The van der Waals surface area contributed by atoms with Crippen LogP contribution in [0.1, 0.15) is 53.5 Å². The van der Waals surface area contributed by atoms with Gasteiger partial charge in [-0.1, -0.05) is 18.2 Å². The summed E-state index contributed by atoms with van der Waals surface area (Å²) in [5.41, 5.74) is 7.79. The highest BCUT2D eigenvalue weighted by Crippen LogP contribution is 2.24. The number of rotatable bonds is 11. The van der Waals surface area contributed by atoms with Crippen molar-refractivity contribution >= 4 is 45.7 Å². The van der Waals surface area contributed by atoms with Crippen molar-refractivity contribution in [2.24, 2.45) is 10.1 Å². The van der Waals surface area contributed by atoms with Crippen LogP contribution in [0.2, 0.25) is 0 Å². The van der Waals surface area contributed by atoms with Crippen LogP contribution in [0.4, 0.5) is 22.2 Å². The molecule has 11 nitrogen and oxygen atoms in total. The quantitative estimate of drug-likeness (QED) is 0.171. The van der Waals surface area contributed by atoms with Gasteiger partial charge in [-0.05, 0) is 77.8 Å². The Morgan fingerprint density at radius 2 is 1.92 bits per heavy atom. The Hall–Kier alpha value is -3.77. The maximum atomic E-state index is 12.3. The zero-order valence-corrected chi connectivity index (χ0v) is 24.1. The number of nitrogens with two attached hydrogens (primary N) is 1. The summed E-state index contributed by atoms with van der Waals surface area (Å²) in [6.07, 6.45) is 6.97. The molecule has 0 saturated carbocycles. The minimum atomic E-state index is -2.27. The van der Waals surface area contributed by atoms with Gasteiger partial charge in [0, 0.05) is 28.9 Å². The topological polar surface area (TPSA) is 158 Å². The first-order valence-corrected chi connectivity index (χ1v) is 13.8. The summed E-state index contributed by atoms with van der Waals surface area (Å²) in [5, 5.41) is 6.37. The van der Waals surface area contributed by atoms with Crippen LogP contribution in [0.5, 0.6) is 0 Å². The molecule has 2 atom stereocenters. The summed E-state index contributed by atoms with van der Waals surface area (Å²) < 4.78 is 25.8. The molecule has 212 valence electrons. The Labute approximate surface area is 231 Å². The Morgan fingerprint density at radius 3 is 2.54 bits per heavy atom. The third-order valence-corrected chi connectivity index (χ3v) is 6.08. The van der Waals surface area contributed by atoms with Crippen LogP contribution in [0.25, 0.3) is 5.57 Å². The fourth-order valence-electron chi connectivity index (χ4n) is 3.12. The Balaban J connectivity index is 2.20. The number of thiol groups is 1. The molecule has 0 saturated heterocycles. The lowest BCUT2D eigenvalue weighted by Crippen LogP contribution is -2.38. The number of carbonyl (C=O) groups excluding carboxylic acids is 2. The number of nitrogens with zero attached hydrogens (tertiary/aromatic N) is 3. The number of aromatic nitrogens is 2. The third kappa shape index (κ3) is 10.9. The summed E-state index contributed by atoms with van der Waals surface area (Å²) in [7, 11) is -2.27. The van der Waals surface area contributed by atoms with Crippen LogP contribution >= 0.6 is 0 Å². The van der Waals surface area contributed by atoms with E-state index in [2.05, 4.69) is 25.0 Å². The molecule has 0 aliphatic rings. The summed E-state index contributed by atoms with van der Waals surface area (Å²) in [6, 6.07) is 5.79. The van der Waals surface area contributed by atoms with E-state index in [9.17, 15) is 13.8 Å². The van der Waals surface area contributed by atoms with E-state index < -0.39 is 34.3 Å². The van der Waals surface area contributed by atoms with Crippen molar-refractivity contribution in [1.82, 2.24) is 9.97 Å². The lowest BCUT2D eigenvalue weighted by Gasteiger charge is -2.22. The standard InChI is InChI=1S/C27H38N6O5S/c1-7-9-10-18(3)21-17-30-25(32-23(21)29-16-15-22(28)24(34)38-27(4,5)6)31-19-11-13-20(14-12-19)39(36)33-26(35)37-8-2/h7,9-14,17,22,39H,8,15-16,28H2,1-6H3,(H2,29,30,31,32)/b9-7-,18-10+/t22-/m0/s1. The van der Waals surface area contributed by atoms with Crippen molar-refractivity contribution in [2.75, 3.05) is 23.8 Å². The molecule has 1 amide bonds. The molecule has 12 heteroatoms. The number of allylic oxidation sites excluding steroid dienone is 4. The van der Waals surface area contributed by atoms with Crippen molar-refractivity contribution in [1.29, 1.82) is 0 Å².